The number of hydrogen-bond acceptors (Lipinski definition) is 4. The molecule has 0 saturated carbocycles. The molecular weight excluding hydrogens is 377 g/mol. The molecule has 27 heavy (non-hydrogen) atoms. The Kier molecular flexibility index (Phi) is 4.96. The molecule has 8 heteroatoms. The lowest BCUT2D eigenvalue weighted by Crippen LogP contribution is -2.34. The van der Waals surface area contributed by atoms with Gasteiger partial charge in [0, 0.05) is 16.1 Å². The zero-order valence-electron chi connectivity index (χ0n) is 13.7. The van der Waals surface area contributed by atoms with E-state index in [1.807, 2.05) is 0 Å². The van der Waals surface area contributed by atoms with Crippen LogP contribution >= 0.6 is 11.6 Å². The van der Waals surface area contributed by atoms with Gasteiger partial charge in [0.1, 0.15) is 18.1 Å². The minimum atomic E-state index is -1.37. The zero-order valence-corrected chi connectivity index (χ0v) is 14.5. The van der Waals surface area contributed by atoms with Crippen LogP contribution in [0.4, 0.5) is 4.39 Å². The van der Waals surface area contributed by atoms with Crippen LogP contribution in [-0.2, 0) is 14.4 Å². The second-order valence-electron chi connectivity index (χ2n) is 5.85. The molecule has 1 saturated heterocycles. The lowest BCUT2D eigenvalue weighted by molar-refractivity contribution is -0.146. The molecule has 0 aliphatic carbocycles. The minimum absolute atomic E-state index is 0.0894. The van der Waals surface area contributed by atoms with Crippen molar-refractivity contribution in [3.63, 3.8) is 0 Å². The van der Waals surface area contributed by atoms with E-state index in [2.05, 4.69) is 0 Å². The summed E-state index contributed by atoms with van der Waals surface area (Å²) in [7, 11) is 0. The summed E-state index contributed by atoms with van der Waals surface area (Å²) in [5.41, 5.74) is -0.281. The summed E-state index contributed by atoms with van der Waals surface area (Å²) >= 11 is 5.81. The molecule has 2 N–H and O–H groups in total. The fourth-order valence-corrected chi connectivity index (χ4v) is 3.10. The van der Waals surface area contributed by atoms with Gasteiger partial charge in [-0.25, -0.2) is 4.39 Å². The summed E-state index contributed by atoms with van der Waals surface area (Å²) in [5.74, 6) is -4.85. The first-order valence-electron chi connectivity index (χ1n) is 7.82. The van der Waals surface area contributed by atoms with Crippen LogP contribution in [0, 0.1) is 5.82 Å². The van der Waals surface area contributed by atoms with Crippen molar-refractivity contribution in [2.45, 2.75) is 6.04 Å². The van der Waals surface area contributed by atoms with E-state index in [9.17, 15) is 23.9 Å². The molecule has 1 aliphatic heterocycles. The zero-order chi connectivity index (χ0) is 19.7. The predicted molar refractivity (Wildman–Crippen MR) is 94.5 cm³/mol. The third-order valence-corrected chi connectivity index (χ3v) is 4.42. The van der Waals surface area contributed by atoms with Gasteiger partial charge in [-0.3, -0.25) is 14.4 Å². The number of ketones is 1. The Morgan fingerprint density at radius 2 is 1.70 bits per heavy atom. The van der Waals surface area contributed by atoms with Gasteiger partial charge in [-0.05, 0) is 30.3 Å². The first-order valence-corrected chi connectivity index (χ1v) is 8.19. The van der Waals surface area contributed by atoms with Crippen LogP contribution in [0.5, 0.6) is 0 Å². The lowest BCUT2D eigenvalue weighted by atomic mass is 9.95. The summed E-state index contributed by atoms with van der Waals surface area (Å²) in [6.45, 7) is -0.818. The van der Waals surface area contributed by atoms with Crippen molar-refractivity contribution < 1.29 is 29.0 Å². The van der Waals surface area contributed by atoms with Crippen molar-refractivity contribution in [2.24, 2.45) is 0 Å². The van der Waals surface area contributed by atoms with E-state index < -0.39 is 41.8 Å². The Morgan fingerprint density at radius 1 is 1.07 bits per heavy atom. The second-order valence-corrected chi connectivity index (χ2v) is 6.29. The van der Waals surface area contributed by atoms with Crippen molar-refractivity contribution in [3.8, 4) is 0 Å². The highest BCUT2D eigenvalue weighted by Gasteiger charge is 2.47. The summed E-state index contributed by atoms with van der Waals surface area (Å²) in [4.78, 5) is 36.8. The number of benzene rings is 2. The average molecular weight is 390 g/mol. The molecule has 1 amide bonds. The number of nitrogens with zero attached hydrogens (tertiary/aromatic N) is 1. The fraction of sp³-hybridized carbons (Fsp3) is 0.105. The number of carbonyl (C=O) groups excluding carboxylic acids is 2. The van der Waals surface area contributed by atoms with Gasteiger partial charge in [0.05, 0.1) is 11.6 Å². The topological polar surface area (TPSA) is 94.9 Å². The number of aliphatic hydroxyl groups excluding tert-OH is 1. The van der Waals surface area contributed by atoms with Gasteiger partial charge in [-0.15, -0.1) is 0 Å². The largest absolute Gasteiger partial charge is 0.507 e. The fourth-order valence-electron chi connectivity index (χ4n) is 2.97. The Hall–Kier alpha value is -3.19. The summed E-state index contributed by atoms with van der Waals surface area (Å²) < 4.78 is 14.4. The highest BCUT2D eigenvalue weighted by atomic mass is 35.5. The number of carboxylic acid groups (broad SMARTS) is 1. The summed E-state index contributed by atoms with van der Waals surface area (Å²) in [5, 5.41) is 20.1. The van der Waals surface area contributed by atoms with Crippen LogP contribution in [-0.4, -0.2) is 39.3 Å². The lowest BCUT2D eigenvalue weighted by Gasteiger charge is -2.24. The average Bonchev–Trinajstić information content (AvgIpc) is 2.86. The molecule has 1 atom stereocenters. The van der Waals surface area contributed by atoms with Crippen LogP contribution in [0.1, 0.15) is 17.2 Å². The van der Waals surface area contributed by atoms with Crippen molar-refractivity contribution in [3.05, 3.63) is 76.1 Å². The number of aliphatic carboxylic acids is 1. The van der Waals surface area contributed by atoms with Gasteiger partial charge >= 0.3 is 5.97 Å². The Labute approximate surface area is 158 Å². The number of likely N-dealkylation sites (tertiary alicyclic amines) is 1. The van der Waals surface area contributed by atoms with Gasteiger partial charge in [0.2, 0.25) is 0 Å². The molecule has 1 heterocycles. The maximum absolute atomic E-state index is 14.4. The van der Waals surface area contributed by atoms with Crippen molar-refractivity contribution >= 4 is 35.0 Å². The molecule has 2 aromatic rings. The van der Waals surface area contributed by atoms with E-state index in [1.165, 1.54) is 42.5 Å². The van der Waals surface area contributed by atoms with Crippen molar-refractivity contribution in [1.29, 1.82) is 0 Å². The van der Waals surface area contributed by atoms with E-state index in [1.54, 1.807) is 0 Å². The molecule has 138 valence electrons. The van der Waals surface area contributed by atoms with E-state index in [0.29, 0.717) is 5.02 Å². The van der Waals surface area contributed by atoms with E-state index in [4.69, 9.17) is 16.7 Å². The number of Topliss-reactive ketones (excluding diaryl/α,β-unsaturated/α-hetero) is 1. The van der Waals surface area contributed by atoms with E-state index in [0.717, 1.165) is 11.0 Å². The quantitative estimate of drug-likeness (QED) is 0.476. The molecular formula is C19H13ClFNO5. The van der Waals surface area contributed by atoms with E-state index in [-0.39, 0.29) is 16.7 Å². The predicted octanol–water partition coefficient (Wildman–Crippen LogP) is 2.99. The van der Waals surface area contributed by atoms with Gasteiger partial charge in [0.25, 0.3) is 11.7 Å². The van der Waals surface area contributed by atoms with Crippen LogP contribution in [0.15, 0.2) is 54.1 Å². The number of rotatable bonds is 4. The molecule has 6 nitrogen and oxygen atoms in total. The Bertz CT molecular complexity index is 970. The minimum Gasteiger partial charge on any atom is -0.507 e. The highest BCUT2D eigenvalue weighted by Crippen LogP contribution is 2.40. The first kappa shape index (κ1) is 18.6. The van der Waals surface area contributed by atoms with Crippen LogP contribution in [0.2, 0.25) is 5.02 Å². The smallest absolute Gasteiger partial charge is 0.323 e. The monoisotopic (exact) mass is 389 g/mol. The molecule has 2 aromatic carbocycles. The van der Waals surface area contributed by atoms with Crippen molar-refractivity contribution in [2.75, 3.05) is 6.54 Å². The number of amides is 1. The maximum atomic E-state index is 14.4. The van der Waals surface area contributed by atoms with Gasteiger partial charge in [-0.2, -0.15) is 0 Å². The van der Waals surface area contributed by atoms with Crippen LogP contribution in [0.3, 0.4) is 0 Å². The van der Waals surface area contributed by atoms with Gasteiger partial charge in [-0.1, -0.05) is 29.8 Å². The SMILES string of the molecule is O=C(O)CN1C(=O)C(=O)/C(=C(/O)c2ccc(Cl)cc2)C1c1ccccc1F. The molecule has 0 aromatic heterocycles. The number of hydrogen-bond donors (Lipinski definition) is 2. The number of aliphatic hydroxyl groups is 1. The molecule has 0 bridgehead atoms. The number of halogens is 2. The molecule has 3 rings (SSSR count). The Balaban J connectivity index is 2.23. The molecule has 1 unspecified atom stereocenters. The third-order valence-electron chi connectivity index (χ3n) is 4.16. The molecule has 1 aliphatic rings. The van der Waals surface area contributed by atoms with Crippen LogP contribution < -0.4 is 0 Å². The molecule has 0 radical (unpaired) electrons. The summed E-state index contributed by atoms with van der Waals surface area (Å²) in [6.07, 6.45) is 0. The van der Waals surface area contributed by atoms with Gasteiger partial charge < -0.3 is 15.1 Å². The third kappa shape index (κ3) is 3.41. The normalized spacial score (nSPS) is 18.7. The summed E-state index contributed by atoms with van der Waals surface area (Å²) in [6, 6.07) is 9.81. The van der Waals surface area contributed by atoms with E-state index >= 15 is 0 Å². The Morgan fingerprint density at radius 3 is 2.30 bits per heavy atom. The second kappa shape index (κ2) is 7.20. The van der Waals surface area contributed by atoms with Crippen LogP contribution in [0.25, 0.3) is 5.76 Å². The number of carbonyl (C=O) groups is 3. The first-order chi connectivity index (χ1) is 12.8. The highest BCUT2D eigenvalue weighted by molar-refractivity contribution is 6.46. The van der Waals surface area contributed by atoms with Gasteiger partial charge in [0.15, 0.2) is 0 Å². The number of carboxylic acids is 1. The molecule has 1 fully saturated rings. The maximum Gasteiger partial charge on any atom is 0.323 e. The standard InChI is InChI=1S/C19H13ClFNO5/c20-11-7-5-10(6-8-11)17(25)15-16(12-3-1-2-4-13(12)21)22(9-14(23)24)19(27)18(15)26/h1-8,16,25H,9H2,(H,23,24)/b17-15+. The molecule has 0 spiro atoms. The van der Waals surface area contributed by atoms with Crippen molar-refractivity contribution in [1.82, 2.24) is 4.90 Å².